The second-order valence-electron chi connectivity index (χ2n) is 8.23. The lowest BCUT2D eigenvalue weighted by Crippen LogP contribution is -2.25. The molecule has 0 aliphatic heterocycles. The van der Waals surface area contributed by atoms with Crippen molar-refractivity contribution in [2.75, 3.05) is 13.3 Å². The third-order valence-electron chi connectivity index (χ3n) is 5.60. The van der Waals surface area contributed by atoms with Gasteiger partial charge < -0.3 is 0 Å². The number of nitrogens with zero attached hydrogens (tertiary/aromatic N) is 3. The Morgan fingerprint density at radius 2 is 1.94 bits per heavy atom. The van der Waals surface area contributed by atoms with Crippen LogP contribution in [0.15, 0.2) is 48.5 Å². The second-order valence-corrected chi connectivity index (χ2v) is 10.8. The SMILES string of the molecule is Cc1cc(CCC(=O)C(C)c2ccc(CN(C)S(C)(=O)=O)c(F)c2)n(-c2cccc(Cl)c2)n1. The summed E-state index contributed by atoms with van der Waals surface area (Å²) in [6.07, 6.45) is 1.82. The standard InChI is InChI=1S/C24H27ClFN3O3S/c1-16-12-22(29(27-16)21-7-5-6-20(25)14-21)10-11-24(30)17(2)18-8-9-19(23(26)13-18)15-28(3)33(4,31)32/h5-9,12-14,17H,10-11,15H2,1-4H3. The molecule has 0 amide bonds. The highest BCUT2D eigenvalue weighted by Gasteiger charge is 2.20. The predicted molar refractivity (Wildman–Crippen MR) is 128 cm³/mol. The number of hydrogen-bond donors (Lipinski definition) is 0. The Labute approximate surface area is 199 Å². The molecule has 1 atom stereocenters. The van der Waals surface area contributed by atoms with Gasteiger partial charge in [0.15, 0.2) is 0 Å². The van der Waals surface area contributed by atoms with Gasteiger partial charge in [0, 0.05) is 42.2 Å². The molecule has 0 saturated carbocycles. The molecule has 0 bridgehead atoms. The molecule has 1 aromatic heterocycles. The molecule has 0 spiro atoms. The molecule has 176 valence electrons. The number of sulfonamides is 1. The summed E-state index contributed by atoms with van der Waals surface area (Å²) in [6.45, 7) is 3.57. The van der Waals surface area contributed by atoms with E-state index in [0.717, 1.165) is 27.6 Å². The summed E-state index contributed by atoms with van der Waals surface area (Å²) in [5.74, 6) is -1.05. The fourth-order valence-electron chi connectivity index (χ4n) is 3.53. The number of rotatable bonds is 9. The molecule has 0 radical (unpaired) electrons. The molecule has 1 unspecified atom stereocenters. The normalized spacial score (nSPS) is 12.8. The van der Waals surface area contributed by atoms with Crippen LogP contribution in [0.1, 0.15) is 41.8 Å². The van der Waals surface area contributed by atoms with Crippen molar-refractivity contribution in [1.29, 1.82) is 0 Å². The van der Waals surface area contributed by atoms with E-state index < -0.39 is 21.8 Å². The molecule has 0 aliphatic carbocycles. The molecule has 2 aromatic carbocycles. The molecule has 0 saturated heterocycles. The molecule has 1 heterocycles. The van der Waals surface area contributed by atoms with E-state index in [1.807, 2.05) is 31.2 Å². The average molecular weight is 492 g/mol. The molecule has 0 aliphatic rings. The Balaban J connectivity index is 1.70. The van der Waals surface area contributed by atoms with Crippen LogP contribution in [-0.4, -0.2) is 41.6 Å². The van der Waals surface area contributed by atoms with Crippen molar-refractivity contribution in [3.05, 3.63) is 81.9 Å². The average Bonchev–Trinajstić information content (AvgIpc) is 3.12. The van der Waals surface area contributed by atoms with Crippen molar-refractivity contribution < 1.29 is 17.6 Å². The van der Waals surface area contributed by atoms with Gasteiger partial charge in [-0.25, -0.2) is 21.8 Å². The smallest absolute Gasteiger partial charge is 0.211 e. The number of benzene rings is 2. The van der Waals surface area contributed by atoms with Crippen LogP contribution in [0, 0.1) is 12.7 Å². The first-order valence-electron chi connectivity index (χ1n) is 10.5. The zero-order valence-electron chi connectivity index (χ0n) is 19.0. The van der Waals surface area contributed by atoms with Crippen molar-refractivity contribution in [3.63, 3.8) is 0 Å². The van der Waals surface area contributed by atoms with E-state index in [9.17, 15) is 17.6 Å². The predicted octanol–water partition coefficient (Wildman–Crippen LogP) is 4.67. The highest BCUT2D eigenvalue weighted by Crippen LogP contribution is 2.24. The number of hydrogen-bond acceptors (Lipinski definition) is 4. The van der Waals surface area contributed by atoms with Gasteiger partial charge in [0.05, 0.1) is 17.6 Å². The van der Waals surface area contributed by atoms with E-state index in [-0.39, 0.29) is 24.3 Å². The quantitative estimate of drug-likeness (QED) is 0.436. The lowest BCUT2D eigenvalue weighted by atomic mass is 9.92. The Morgan fingerprint density at radius 1 is 1.21 bits per heavy atom. The van der Waals surface area contributed by atoms with E-state index in [1.165, 1.54) is 19.2 Å². The molecule has 0 N–H and O–H groups in total. The van der Waals surface area contributed by atoms with E-state index in [2.05, 4.69) is 5.10 Å². The monoisotopic (exact) mass is 491 g/mol. The first kappa shape index (κ1) is 25.1. The number of carbonyl (C=O) groups is 1. The maximum absolute atomic E-state index is 14.6. The highest BCUT2D eigenvalue weighted by atomic mass is 35.5. The minimum absolute atomic E-state index is 0.0214. The number of Topliss-reactive ketones (excluding diaryl/α,β-unsaturated/α-hetero) is 1. The van der Waals surface area contributed by atoms with Crippen LogP contribution in [0.25, 0.3) is 5.69 Å². The molecular formula is C24H27ClFN3O3S. The Kier molecular flexibility index (Phi) is 7.72. The minimum Gasteiger partial charge on any atom is -0.299 e. The lowest BCUT2D eigenvalue weighted by molar-refractivity contribution is -0.120. The fraction of sp³-hybridized carbons (Fsp3) is 0.333. The van der Waals surface area contributed by atoms with Gasteiger partial charge in [-0.05, 0) is 49.2 Å². The summed E-state index contributed by atoms with van der Waals surface area (Å²) < 4.78 is 40.6. The third kappa shape index (κ3) is 6.28. The summed E-state index contributed by atoms with van der Waals surface area (Å²) in [4.78, 5) is 12.9. The van der Waals surface area contributed by atoms with Crippen LogP contribution in [0.4, 0.5) is 4.39 Å². The molecule has 9 heteroatoms. The summed E-state index contributed by atoms with van der Waals surface area (Å²) in [5, 5.41) is 5.12. The van der Waals surface area contributed by atoms with Gasteiger partial charge in [0.1, 0.15) is 11.6 Å². The zero-order chi connectivity index (χ0) is 24.3. The minimum atomic E-state index is -3.42. The maximum Gasteiger partial charge on any atom is 0.211 e. The first-order valence-corrected chi connectivity index (χ1v) is 12.7. The van der Waals surface area contributed by atoms with E-state index in [0.29, 0.717) is 17.0 Å². The van der Waals surface area contributed by atoms with Crippen LogP contribution in [-0.2, 0) is 27.8 Å². The van der Waals surface area contributed by atoms with Crippen molar-refractivity contribution in [2.24, 2.45) is 0 Å². The Bertz CT molecular complexity index is 1270. The summed E-state index contributed by atoms with van der Waals surface area (Å²) in [6, 6.07) is 13.8. The second kappa shape index (κ2) is 10.2. The zero-order valence-corrected chi connectivity index (χ0v) is 20.6. The lowest BCUT2D eigenvalue weighted by Gasteiger charge is -2.16. The number of ketones is 1. The number of carbonyl (C=O) groups excluding carboxylic acids is 1. The summed E-state index contributed by atoms with van der Waals surface area (Å²) >= 11 is 6.11. The van der Waals surface area contributed by atoms with Crippen LogP contribution in [0.5, 0.6) is 0 Å². The van der Waals surface area contributed by atoms with Crippen LogP contribution >= 0.6 is 11.6 Å². The molecule has 3 aromatic rings. The molecule has 6 nitrogen and oxygen atoms in total. The van der Waals surface area contributed by atoms with Gasteiger partial charge >= 0.3 is 0 Å². The largest absolute Gasteiger partial charge is 0.299 e. The summed E-state index contributed by atoms with van der Waals surface area (Å²) in [7, 11) is -2.02. The number of aromatic nitrogens is 2. The summed E-state index contributed by atoms with van der Waals surface area (Å²) in [5.41, 5.74) is 3.36. The van der Waals surface area contributed by atoms with Gasteiger partial charge in [-0.3, -0.25) is 4.79 Å². The van der Waals surface area contributed by atoms with Gasteiger partial charge in [-0.2, -0.15) is 5.10 Å². The van der Waals surface area contributed by atoms with Crippen LogP contribution < -0.4 is 0 Å². The topological polar surface area (TPSA) is 72.3 Å². The van der Waals surface area contributed by atoms with Crippen molar-refractivity contribution >= 4 is 27.4 Å². The van der Waals surface area contributed by atoms with Gasteiger partial charge in [0.25, 0.3) is 0 Å². The molecule has 0 fully saturated rings. The third-order valence-corrected chi connectivity index (χ3v) is 7.10. The molecule has 33 heavy (non-hydrogen) atoms. The van der Waals surface area contributed by atoms with E-state index in [1.54, 1.807) is 23.7 Å². The Morgan fingerprint density at radius 3 is 2.58 bits per heavy atom. The number of halogens is 2. The van der Waals surface area contributed by atoms with Crippen LogP contribution in [0.2, 0.25) is 5.02 Å². The molecule has 3 rings (SSSR count). The van der Waals surface area contributed by atoms with Crippen molar-refractivity contribution in [3.8, 4) is 5.69 Å². The van der Waals surface area contributed by atoms with Crippen LogP contribution in [0.3, 0.4) is 0 Å². The van der Waals surface area contributed by atoms with Gasteiger partial charge in [-0.15, -0.1) is 0 Å². The van der Waals surface area contributed by atoms with E-state index in [4.69, 9.17) is 11.6 Å². The van der Waals surface area contributed by atoms with Crippen molar-refractivity contribution in [1.82, 2.24) is 14.1 Å². The molecular weight excluding hydrogens is 465 g/mol. The van der Waals surface area contributed by atoms with Gasteiger partial charge in [0.2, 0.25) is 10.0 Å². The first-order chi connectivity index (χ1) is 15.5. The highest BCUT2D eigenvalue weighted by molar-refractivity contribution is 7.88. The number of aryl methyl sites for hydroxylation is 2. The van der Waals surface area contributed by atoms with Gasteiger partial charge in [-0.1, -0.05) is 36.7 Å². The van der Waals surface area contributed by atoms with E-state index >= 15 is 0 Å². The Hall–Kier alpha value is -2.55. The fourth-order valence-corrected chi connectivity index (χ4v) is 4.09. The van der Waals surface area contributed by atoms with Crippen molar-refractivity contribution in [2.45, 2.75) is 39.2 Å². The maximum atomic E-state index is 14.6.